The molecule has 2 aromatic carbocycles. The molecule has 0 bridgehead atoms. The van der Waals surface area contributed by atoms with Crippen molar-refractivity contribution in [1.82, 2.24) is 14.0 Å². The normalized spacial score (nSPS) is 11.9. The Balaban J connectivity index is 0.000000673. The van der Waals surface area contributed by atoms with Crippen LogP contribution in [0, 0.1) is 5.82 Å². The molecule has 0 spiro atoms. The summed E-state index contributed by atoms with van der Waals surface area (Å²) in [6.07, 6.45) is -9.95. The van der Waals surface area contributed by atoms with Gasteiger partial charge in [0, 0.05) is 24.2 Å². The Kier molecular flexibility index (Phi) is 9.90. The zero-order valence-corrected chi connectivity index (χ0v) is 20.7. The van der Waals surface area contributed by atoms with Crippen LogP contribution in [0.2, 0.25) is 0 Å². The highest BCUT2D eigenvalue weighted by molar-refractivity contribution is 5.97. The Morgan fingerprint density at radius 3 is 2.03 bits per heavy atom. The number of carbonyl (C=O) groups is 2. The van der Waals surface area contributed by atoms with E-state index >= 15 is 0 Å². The minimum atomic E-state index is -5.08. The van der Waals surface area contributed by atoms with Crippen LogP contribution in [0.5, 0.6) is 0 Å². The second kappa shape index (κ2) is 12.3. The van der Waals surface area contributed by atoms with Crippen molar-refractivity contribution in [3.8, 4) is 0 Å². The Labute approximate surface area is 217 Å². The van der Waals surface area contributed by atoms with Gasteiger partial charge in [0.05, 0.1) is 23.1 Å². The first-order chi connectivity index (χ1) is 18.0. The van der Waals surface area contributed by atoms with Crippen molar-refractivity contribution in [3.05, 3.63) is 69.4 Å². The van der Waals surface area contributed by atoms with Crippen molar-refractivity contribution in [1.29, 1.82) is 0 Å². The highest BCUT2D eigenvalue weighted by Crippen LogP contribution is 2.36. The molecule has 3 N–H and O–H groups in total. The molecule has 0 unspecified atom stereocenters. The summed E-state index contributed by atoms with van der Waals surface area (Å²) in [4.78, 5) is 35.9. The summed E-state index contributed by atoms with van der Waals surface area (Å²) in [5, 5.41) is 7.12. The molecule has 0 aliphatic heterocycles. The lowest BCUT2D eigenvalue weighted by Crippen LogP contribution is -2.32. The molecule has 1 heterocycles. The van der Waals surface area contributed by atoms with Gasteiger partial charge in [-0.1, -0.05) is 32.0 Å². The molecule has 3 rings (SSSR count). The van der Waals surface area contributed by atoms with E-state index in [9.17, 15) is 40.3 Å². The summed E-state index contributed by atoms with van der Waals surface area (Å²) in [6.45, 7) is 5.37. The number of likely N-dealkylation sites (N-methyl/N-ethyl adjacent to an activating group) is 1. The van der Waals surface area contributed by atoms with E-state index in [1.807, 2.05) is 18.7 Å². The number of carboxylic acid groups (broad SMARTS) is 1. The number of carbonyl (C=O) groups excluding carboxylic acids is 1. The zero-order chi connectivity index (χ0) is 29.7. The highest BCUT2D eigenvalue weighted by atomic mass is 19.4. The number of nitrogens with zero attached hydrogens (tertiary/aromatic N) is 3. The molecule has 0 aliphatic carbocycles. The maximum Gasteiger partial charge on any atom is 0.490 e. The van der Waals surface area contributed by atoms with Crippen LogP contribution in [0.1, 0.15) is 35.3 Å². The summed E-state index contributed by atoms with van der Waals surface area (Å²) >= 11 is 0. The van der Waals surface area contributed by atoms with Crippen LogP contribution in [0.25, 0.3) is 11.0 Å². The van der Waals surface area contributed by atoms with Crippen LogP contribution in [-0.2, 0) is 24.1 Å². The van der Waals surface area contributed by atoms with Crippen LogP contribution in [-0.4, -0.2) is 56.8 Å². The molecule has 0 fully saturated rings. The van der Waals surface area contributed by atoms with Crippen molar-refractivity contribution in [2.24, 2.45) is 5.73 Å². The number of hydrogen-bond donors (Lipinski definition) is 2. The number of rotatable bonds is 8. The van der Waals surface area contributed by atoms with E-state index in [0.717, 1.165) is 4.57 Å². The molecular weight excluding hydrogens is 541 g/mol. The molecule has 0 saturated carbocycles. The SMILES string of the molecule is CCN(CC)CCn1c(=O)n(Cc2ccccc2F)c2c(C(F)(F)F)cc(C(N)=O)cc21.O=C(O)C(F)(F)F. The van der Waals surface area contributed by atoms with Gasteiger partial charge in [-0.25, -0.2) is 14.0 Å². The lowest BCUT2D eigenvalue weighted by Gasteiger charge is -2.18. The van der Waals surface area contributed by atoms with Gasteiger partial charge in [0.1, 0.15) is 5.82 Å². The number of aromatic nitrogens is 2. The van der Waals surface area contributed by atoms with E-state index in [0.29, 0.717) is 25.7 Å². The van der Waals surface area contributed by atoms with Crippen LogP contribution < -0.4 is 11.4 Å². The van der Waals surface area contributed by atoms with Crippen molar-refractivity contribution in [2.45, 2.75) is 39.3 Å². The number of amides is 1. The topological polar surface area (TPSA) is 111 Å². The van der Waals surface area contributed by atoms with Gasteiger partial charge in [-0.05, 0) is 31.3 Å². The van der Waals surface area contributed by atoms with Crippen molar-refractivity contribution in [2.75, 3.05) is 19.6 Å². The largest absolute Gasteiger partial charge is 0.490 e. The molecule has 15 heteroatoms. The zero-order valence-electron chi connectivity index (χ0n) is 20.7. The quantitative estimate of drug-likeness (QED) is 0.400. The smallest absolute Gasteiger partial charge is 0.475 e. The first-order valence-corrected chi connectivity index (χ1v) is 11.4. The number of aliphatic carboxylic acids is 1. The third-order valence-electron chi connectivity index (χ3n) is 5.77. The predicted octanol–water partition coefficient (Wildman–Crippen LogP) is 4.08. The summed E-state index contributed by atoms with van der Waals surface area (Å²) in [7, 11) is 0. The average molecular weight is 566 g/mol. The molecule has 0 saturated heterocycles. The van der Waals surface area contributed by atoms with Crippen molar-refractivity contribution in [3.63, 3.8) is 0 Å². The van der Waals surface area contributed by atoms with E-state index in [-0.39, 0.29) is 29.7 Å². The number of benzene rings is 2. The van der Waals surface area contributed by atoms with E-state index in [2.05, 4.69) is 0 Å². The van der Waals surface area contributed by atoms with Crippen LogP contribution in [0.4, 0.5) is 30.7 Å². The van der Waals surface area contributed by atoms with Crippen LogP contribution >= 0.6 is 0 Å². The minimum absolute atomic E-state index is 0.0675. The monoisotopic (exact) mass is 566 g/mol. The van der Waals surface area contributed by atoms with E-state index in [1.165, 1.54) is 28.8 Å². The lowest BCUT2D eigenvalue weighted by atomic mass is 10.1. The molecule has 0 atom stereocenters. The molecule has 0 radical (unpaired) electrons. The second-order valence-corrected chi connectivity index (χ2v) is 8.20. The van der Waals surface area contributed by atoms with Gasteiger partial charge in [0.15, 0.2) is 0 Å². The molecule has 39 heavy (non-hydrogen) atoms. The Bertz CT molecular complexity index is 1390. The molecule has 1 amide bonds. The number of fused-ring (bicyclic) bond motifs is 1. The fourth-order valence-corrected chi connectivity index (χ4v) is 3.75. The number of imidazole rings is 1. The summed E-state index contributed by atoms with van der Waals surface area (Å²) in [5.41, 5.74) is 2.62. The Morgan fingerprint density at radius 1 is 1.00 bits per heavy atom. The van der Waals surface area contributed by atoms with Crippen LogP contribution in [0.3, 0.4) is 0 Å². The minimum Gasteiger partial charge on any atom is -0.475 e. The molecule has 214 valence electrons. The molecular formula is C24H25F7N4O4. The molecule has 1 aromatic heterocycles. The standard InChI is InChI=1S/C22H24F4N4O2.C2HF3O2/c1-3-28(4-2)9-10-29-18-12-15(20(27)31)11-16(22(24,25)26)19(18)30(21(29)32)13-14-7-5-6-8-17(14)23;3-2(4,5)1(6)7/h5-8,11-12H,3-4,9-10,13H2,1-2H3,(H2,27,31);(H,6,7). The van der Waals surface area contributed by atoms with E-state index in [4.69, 9.17) is 15.6 Å². The molecule has 0 aliphatic rings. The van der Waals surface area contributed by atoms with Crippen molar-refractivity contribution >= 4 is 22.9 Å². The maximum absolute atomic E-state index is 14.3. The van der Waals surface area contributed by atoms with Gasteiger partial charge in [0.2, 0.25) is 5.91 Å². The number of hydrogen-bond acceptors (Lipinski definition) is 4. The van der Waals surface area contributed by atoms with Crippen LogP contribution in [0.15, 0.2) is 41.2 Å². The summed E-state index contributed by atoms with van der Waals surface area (Å²) in [5.74, 6) is -4.43. The van der Waals surface area contributed by atoms with Gasteiger partial charge in [-0.15, -0.1) is 0 Å². The van der Waals surface area contributed by atoms with E-state index in [1.54, 1.807) is 6.07 Å². The third kappa shape index (κ3) is 7.59. The highest BCUT2D eigenvalue weighted by Gasteiger charge is 2.38. The first-order valence-electron chi connectivity index (χ1n) is 11.4. The Hall–Kier alpha value is -3.88. The summed E-state index contributed by atoms with van der Waals surface area (Å²) < 4.78 is 90.0. The maximum atomic E-state index is 14.3. The van der Waals surface area contributed by atoms with Gasteiger partial charge >= 0.3 is 24.0 Å². The van der Waals surface area contributed by atoms with Gasteiger partial charge in [-0.3, -0.25) is 13.9 Å². The van der Waals surface area contributed by atoms with Gasteiger partial charge in [0.25, 0.3) is 0 Å². The fraction of sp³-hybridized carbons (Fsp3) is 0.375. The lowest BCUT2D eigenvalue weighted by molar-refractivity contribution is -0.192. The predicted molar refractivity (Wildman–Crippen MR) is 127 cm³/mol. The van der Waals surface area contributed by atoms with Gasteiger partial charge < -0.3 is 15.7 Å². The second-order valence-electron chi connectivity index (χ2n) is 8.20. The number of primary amides is 1. The van der Waals surface area contributed by atoms with Gasteiger partial charge in [-0.2, -0.15) is 26.3 Å². The number of halogens is 7. The first kappa shape index (κ1) is 31.3. The third-order valence-corrected chi connectivity index (χ3v) is 5.77. The molecule has 3 aromatic rings. The Morgan fingerprint density at radius 2 is 1.56 bits per heavy atom. The number of nitrogens with two attached hydrogens (primary N) is 1. The number of alkyl halides is 6. The van der Waals surface area contributed by atoms with Crippen molar-refractivity contribution < 1.29 is 45.4 Å². The number of carboxylic acids is 1. The molecule has 8 nitrogen and oxygen atoms in total. The van der Waals surface area contributed by atoms with E-state index < -0.39 is 46.8 Å². The summed E-state index contributed by atoms with van der Waals surface area (Å²) in [6, 6.07) is 7.40. The fourth-order valence-electron chi connectivity index (χ4n) is 3.75. The average Bonchev–Trinajstić information content (AvgIpc) is 3.10.